The van der Waals surface area contributed by atoms with Gasteiger partial charge in [0.2, 0.25) is 0 Å². The number of nitrogens with two attached hydrogens (primary N) is 1. The molecule has 5 heteroatoms. The molecule has 0 radical (unpaired) electrons. The Kier molecular flexibility index (Phi) is 2.22. The first-order chi connectivity index (χ1) is 4.83. The summed E-state index contributed by atoms with van der Waals surface area (Å²) in [5.74, 6) is 0. The van der Waals surface area contributed by atoms with Gasteiger partial charge in [0.25, 0.3) is 0 Å². The maximum Gasteiger partial charge on any atom is 0.180 e. The predicted molar refractivity (Wildman–Crippen MR) is 41.1 cm³/mol. The van der Waals surface area contributed by atoms with Gasteiger partial charge in [-0.15, -0.1) is 0 Å². The van der Waals surface area contributed by atoms with Gasteiger partial charge >= 0.3 is 0 Å². The minimum absolute atomic E-state index is 0.539. The van der Waals surface area contributed by atoms with Gasteiger partial charge < -0.3 is 10.6 Å². The van der Waals surface area contributed by atoms with Gasteiger partial charge in [-0.05, 0) is 0 Å². The molecular formula is C5H7N3OS. The van der Waals surface area contributed by atoms with Crippen molar-refractivity contribution in [3.8, 4) is 0 Å². The number of nitrogen functional groups attached to an aromatic ring is 1. The lowest BCUT2D eigenvalue weighted by Gasteiger charge is -1.81. The van der Waals surface area contributed by atoms with Gasteiger partial charge in [0.15, 0.2) is 5.13 Å². The Morgan fingerprint density at radius 1 is 1.90 bits per heavy atom. The summed E-state index contributed by atoms with van der Waals surface area (Å²) < 4.78 is 0. The number of anilines is 1. The van der Waals surface area contributed by atoms with E-state index in [0.717, 1.165) is 4.88 Å². The number of rotatable bonds is 2. The molecule has 1 aromatic rings. The Bertz CT molecular complexity index is 233. The molecule has 0 atom stereocenters. The molecule has 0 saturated carbocycles. The van der Waals surface area contributed by atoms with Crippen molar-refractivity contribution in [2.24, 2.45) is 5.16 Å². The molecular weight excluding hydrogens is 150 g/mol. The Morgan fingerprint density at radius 2 is 2.70 bits per heavy atom. The van der Waals surface area contributed by atoms with E-state index < -0.39 is 0 Å². The zero-order valence-electron chi connectivity index (χ0n) is 5.44. The molecule has 0 bridgehead atoms. The van der Waals surface area contributed by atoms with Gasteiger partial charge in [-0.2, -0.15) is 0 Å². The zero-order valence-corrected chi connectivity index (χ0v) is 6.26. The summed E-state index contributed by atoms with van der Waals surface area (Å²) in [6.07, 6.45) is 3.20. The molecule has 10 heavy (non-hydrogen) atoms. The van der Waals surface area contributed by atoms with E-state index in [1.54, 1.807) is 12.4 Å². The quantitative estimate of drug-likeness (QED) is 0.508. The van der Waals surface area contributed by atoms with Gasteiger partial charge in [0, 0.05) is 6.20 Å². The highest BCUT2D eigenvalue weighted by molar-refractivity contribution is 7.16. The largest absolute Gasteiger partial charge is 0.399 e. The fourth-order valence-electron chi connectivity index (χ4n) is 0.465. The predicted octanol–water partition coefficient (Wildman–Crippen LogP) is 0.706. The van der Waals surface area contributed by atoms with Crippen LogP contribution >= 0.6 is 11.3 Å². The minimum Gasteiger partial charge on any atom is -0.399 e. The van der Waals surface area contributed by atoms with Crippen LogP contribution in [0.3, 0.4) is 0 Å². The Hall–Kier alpha value is -1.10. The van der Waals surface area contributed by atoms with Crippen LogP contribution in [0.25, 0.3) is 0 Å². The smallest absolute Gasteiger partial charge is 0.180 e. The third-order valence-electron chi connectivity index (χ3n) is 0.827. The molecule has 0 spiro atoms. The van der Waals surface area contributed by atoms with Crippen molar-refractivity contribution in [3.05, 3.63) is 11.1 Å². The lowest BCUT2D eigenvalue weighted by Crippen LogP contribution is -1.77. The van der Waals surface area contributed by atoms with E-state index in [-0.39, 0.29) is 0 Å². The number of hydrogen-bond donors (Lipinski definition) is 1. The molecule has 0 saturated heterocycles. The number of oxime groups is 1. The lowest BCUT2D eigenvalue weighted by atomic mass is 10.6. The standard InChI is InChI=1S/C5H7N3OS/c1-9-8-3-4-2-7-5(6)10-4/h2-3H,1H3,(H2,6,7). The van der Waals surface area contributed by atoms with E-state index in [2.05, 4.69) is 15.0 Å². The van der Waals surface area contributed by atoms with Crippen LogP contribution in [-0.2, 0) is 4.84 Å². The average Bonchev–Trinajstić information content (AvgIpc) is 2.31. The molecule has 0 aliphatic carbocycles. The zero-order chi connectivity index (χ0) is 7.40. The molecule has 0 aromatic carbocycles. The molecule has 4 nitrogen and oxygen atoms in total. The first-order valence-electron chi connectivity index (χ1n) is 2.61. The summed E-state index contributed by atoms with van der Waals surface area (Å²) in [4.78, 5) is 9.17. The summed E-state index contributed by atoms with van der Waals surface area (Å²) in [5, 5.41) is 4.08. The van der Waals surface area contributed by atoms with Crippen molar-refractivity contribution in [2.75, 3.05) is 12.8 Å². The third kappa shape index (κ3) is 1.70. The van der Waals surface area contributed by atoms with Crippen molar-refractivity contribution in [1.29, 1.82) is 0 Å². The topological polar surface area (TPSA) is 60.5 Å². The van der Waals surface area contributed by atoms with Gasteiger partial charge in [0.05, 0.1) is 11.1 Å². The monoisotopic (exact) mass is 157 g/mol. The van der Waals surface area contributed by atoms with E-state index in [1.165, 1.54) is 18.4 Å². The normalized spacial score (nSPS) is 10.5. The molecule has 0 aliphatic heterocycles. The van der Waals surface area contributed by atoms with Crippen LogP contribution in [0.2, 0.25) is 0 Å². The lowest BCUT2D eigenvalue weighted by molar-refractivity contribution is 0.215. The van der Waals surface area contributed by atoms with E-state index in [4.69, 9.17) is 5.73 Å². The maximum absolute atomic E-state index is 5.36. The number of nitrogens with zero attached hydrogens (tertiary/aromatic N) is 2. The third-order valence-corrected chi connectivity index (χ3v) is 1.59. The molecule has 1 heterocycles. The minimum atomic E-state index is 0.539. The molecule has 1 aromatic heterocycles. The highest BCUT2D eigenvalue weighted by Gasteiger charge is 1.92. The number of hydrogen-bond acceptors (Lipinski definition) is 5. The highest BCUT2D eigenvalue weighted by atomic mass is 32.1. The number of thiazole rings is 1. The molecule has 54 valence electrons. The Morgan fingerprint density at radius 3 is 3.20 bits per heavy atom. The summed E-state index contributed by atoms with van der Waals surface area (Å²) in [5.41, 5.74) is 5.36. The maximum atomic E-state index is 5.36. The van der Waals surface area contributed by atoms with Crippen LogP contribution in [0.4, 0.5) is 5.13 Å². The van der Waals surface area contributed by atoms with E-state index in [1.807, 2.05) is 0 Å². The second-order valence-electron chi connectivity index (χ2n) is 1.52. The second-order valence-corrected chi connectivity index (χ2v) is 2.61. The van der Waals surface area contributed by atoms with Gasteiger partial charge in [0.1, 0.15) is 7.11 Å². The fourth-order valence-corrected chi connectivity index (χ4v) is 1.01. The summed E-state index contributed by atoms with van der Waals surface area (Å²) in [6.45, 7) is 0. The molecule has 0 fully saturated rings. The first kappa shape index (κ1) is 7.01. The second kappa shape index (κ2) is 3.17. The Balaban J connectivity index is 2.67. The van der Waals surface area contributed by atoms with Crippen LogP contribution < -0.4 is 5.73 Å². The Labute approximate surface area is 62.3 Å². The van der Waals surface area contributed by atoms with Gasteiger partial charge in [-0.1, -0.05) is 16.5 Å². The summed E-state index contributed by atoms with van der Waals surface area (Å²) >= 11 is 1.37. The van der Waals surface area contributed by atoms with Crippen molar-refractivity contribution in [2.45, 2.75) is 0 Å². The molecule has 2 N–H and O–H groups in total. The number of aromatic nitrogens is 1. The van der Waals surface area contributed by atoms with E-state index in [0.29, 0.717) is 5.13 Å². The highest BCUT2D eigenvalue weighted by Crippen LogP contribution is 2.11. The van der Waals surface area contributed by atoms with Crippen LogP contribution in [0.15, 0.2) is 11.4 Å². The van der Waals surface area contributed by atoms with E-state index >= 15 is 0 Å². The van der Waals surface area contributed by atoms with Crippen LogP contribution in [0.5, 0.6) is 0 Å². The van der Waals surface area contributed by atoms with Crippen molar-refractivity contribution in [1.82, 2.24) is 4.98 Å². The van der Waals surface area contributed by atoms with Crippen LogP contribution in [0.1, 0.15) is 4.88 Å². The fraction of sp³-hybridized carbons (Fsp3) is 0.200. The van der Waals surface area contributed by atoms with Crippen molar-refractivity contribution < 1.29 is 4.84 Å². The molecule has 0 unspecified atom stereocenters. The van der Waals surface area contributed by atoms with Gasteiger partial charge in [-0.3, -0.25) is 0 Å². The van der Waals surface area contributed by atoms with Crippen LogP contribution in [-0.4, -0.2) is 18.3 Å². The van der Waals surface area contributed by atoms with Crippen molar-refractivity contribution >= 4 is 22.7 Å². The average molecular weight is 157 g/mol. The van der Waals surface area contributed by atoms with E-state index in [9.17, 15) is 0 Å². The van der Waals surface area contributed by atoms with Crippen molar-refractivity contribution in [3.63, 3.8) is 0 Å². The summed E-state index contributed by atoms with van der Waals surface area (Å²) in [7, 11) is 1.49. The first-order valence-corrected chi connectivity index (χ1v) is 3.42. The molecule has 0 amide bonds. The summed E-state index contributed by atoms with van der Waals surface area (Å²) in [6, 6.07) is 0. The molecule has 0 aliphatic rings. The van der Waals surface area contributed by atoms with Gasteiger partial charge in [-0.25, -0.2) is 4.98 Å². The SMILES string of the molecule is CON=Cc1cnc(N)s1. The molecule has 1 rings (SSSR count). The van der Waals surface area contributed by atoms with Crippen LogP contribution in [0, 0.1) is 0 Å².